The van der Waals surface area contributed by atoms with E-state index in [9.17, 15) is 14.0 Å². The number of amides is 1. The molecule has 1 aromatic carbocycles. The van der Waals surface area contributed by atoms with Gasteiger partial charge >= 0.3 is 5.97 Å². The van der Waals surface area contributed by atoms with Crippen LogP contribution in [-0.4, -0.2) is 23.0 Å². The fourth-order valence-electron chi connectivity index (χ4n) is 2.09. The zero-order chi connectivity index (χ0) is 16.0. The van der Waals surface area contributed by atoms with E-state index >= 15 is 0 Å². The Hall–Kier alpha value is -1.91. The Kier molecular flexibility index (Phi) is 5.88. The summed E-state index contributed by atoms with van der Waals surface area (Å²) in [5.74, 6) is -2.03. The number of nitrogens with one attached hydrogen (secondary N) is 1. The van der Waals surface area contributed by atoms with Crippen LogP contribution in [0, 0.1) is 5.82 Å². The number of carboxylic acid groups (broad SMARTS) is 1. The maximum absolute atomic E-state index is 13.8. The fourth-order valence-corrected chi connectivity index (χ4v) is 2.09. The van der Waals surface area contributed by atoms with Gasteiger partial charge < -0.3 is 10.4 Å². The van der Waals surface area contributed by atoms with Gasteiger partial charge in [0.25, 0.3) is 0 Å². The Bertz CT molecular complexity index is 514. The lowest BCUT2D eigenvalue weighted by Crippen LogP contribution is -2.48. The third kappa shape index (κ3) is 4.28. The van der Waals surface area contributed by atoms with Gasteiger partial charge in [-0.3, -0.25) is 4.79 Å². The van der Waals surface area contributed by atoms with Crippen LogP contribution in [-0.2, 0) is 15.0 Å². The molecule has 0 aliphatic rings. The summed E-state index contributed by atoms with van der Waals surface area (Å²) in [5, 5.41) is 11.7. The summed E-state index contributed by atoms with van der Waals surface area (Å²) in [6, 6.07) is 5.09. The first-order chi connectivity index (χ1) is 9.80. The molecule has 0 spiro atoms. The minimum Gasteiger partial charge on any atom is -0.480 e. The highest BCUT2D eigenvalue weighted by Crippen LogP contribution is 2.26. The van der Waals surface area contributed by atoms with E-state index in [4.69, 9.17) is 5.11 Å². The number of carbonyl (C=O) groups is 2. The lowest BCUT2D eigenvalue weighted by atomic mass is 9.83. The van der Waals surface area contributed by atoms with Crippen molar-refractivity contribution in [1.82, 2.24) is 5.32 Å². The van der Waals surface area contributed by atoms with Crippen LogP contribution in [0.5, 0.6) is 0 Å². The molecule has 2 N–H and O–H groups in total. The molecule has 116 valence electrons. The van der Waals surface area contributed by atoms with Crippen molar-refractivity contribution in [2.24, 2.45) is 0 Å². The molecule has 0 fully saturated rings. The molecule has 1 unspecified atom stereocenters. The zero-order valence-electron chi connectivity index (χ0n) is 12.6. The Labute approximate surface area is 124 Å². The van der Waals surface area contributed by atoms with Crippen LogP contribution in [0.15, 0.2) is 24.3 Å². The lowest BCUT2D eigenvalue weighted by Gasteiger charge is -2.26. The number of rotatable bonds is 7. The van der Waals surface area contributed by atoms with Crippen LogP contribution in [0.3, 0.4) is 0 Å². The number of hydrogen-bond donors (Lipinski definition) is 2. The molecule has 1 rings (SSSR count). The van der Waals surface area contributed by atoms with Gasteiger partial charge in [0.15, 0.2) is 0 Å². The number of aliphatic carboxylic acids is 1. The minimum absolute atomic E-state index is 0.252. The summed E-state index contributed by atoms with van der Waals surface area (Å²) in [7, 11) is 0. The second-order valence-corrected chi connectivity index (χ2v) is 5.61. The third-order valence-electron chi connectivity index (χ3n) is 3.56. The van der Waals surface area contributed by atoms with Crippen LogP contribution in [0.2, 0.25) is 0 Å². The molecular weight excluding hydrogens is 273 g/mol. The van der Waals surface area contributed by atoms with Gasteiger partial charge in [-0.2, -0.15) is 0 Å². The highest BCUT2D eigenvalue weighted by Gasteiger charge is 2.34. The van der Waals surface area contributed by atoms with Gasteiger partial charge in [0, 0.05) is 5.56 Å². The van der Waals surface area contributed by atoms with Crippen LogP contribution in [0.1, 0.15) is 45.6 Å². The van der Waals surface area contributed by atoms with E-state index in [1.54, 1.807) is 26.0 Å². The molecule has 0 heterocycles. The number of unbranched alkanes of at least 4 members (excludes halogenated alkanes) is 1. The zero-order valence-corrected chi connectivity index (χ0v) is 12.6. The molecule has 0 bridgehead atoms. The predicted molar refractivity (Wildman–Crippen MR) is 78.5 cm³/mol. The summed E-state index contributed by atoms with van der Waals surface area (Å²) in [6.07, 6.45) is 1.92. The van der Waals surface area contributed by atoms with Crippen molar-refractivity contribution in [1.29, 1.82) is 0 Å². The van der Waals surface area contributed by atoms with Gasteiger partial charge in [0.2, 0.25) is 5.91 Å². The van der Waals surface area contributed by atoms with Crippen LogP contribution < -0.4 is 5.32 Å². The molecule has 1 amide bonds. The third-order valence-corrected chi connectivity index (χ3v) is 3.56. The fraction of sp³-hybridized carbons (Fsp3) is 0.500. The number of halogens is 1. The standard InChI is InChI=1S/C16H22FNO3/c1-4-5-10-13(14(19)20)18-15(21)16(2,3)11-8-6-7-9-12(11)17/h6-9,13H,4-5,10H2,1-3H3,(H,18,21)(H,19,20). The highest BCUT2D eigenvalue weighted by atomic mass is 19.1. The Morgan fingerprint density at radius 1 is 1.33 bits per heavy atom. The number of hydrogen-bond acceptors (Lipinski definition) is 2. The van der Waals surface area contributed by atoms with E-state index in [1.165, 1.54) is 12.1 Å². The van der Waals surface area contributed by atoms with Gasteiger partial charge in [-0.05, 0) is 26.3 Å². The van der Waals surface area contributed by atoms with Crippen molar-refractivity contribution in [3.05, 3.63) is 35.6 Å². The maximum Gasteiger partial charge on any atom is 0.326 e. The first-order valence-electron chi connectivity index (χ1n) is 7.09. The molecule has 1 aromatic rings. The first-order valence-corrected chi connectivity index (χ1v) is 7.09. The van der Waals surface area contributed by atoms with E-state index in [2.05, 4.69) is 5.32 Å². The summed E-state index contributed by atoms with van der Waals surface area (Å²) < 4.78 is 13.8. The van der Waals surface area contributed by atoms with E-state index in [0.29, 0.717) is 12.8 Å². The largest absolute Gasteiger partial charge is 0.480 e. The Morgan fingerprint density at radius 3 is 2.48 bits per heavy atom. The molecule has 0 aliphatic heterocycles. The van der Waals surface area contributed by atoms with Crippen molar-refractivity contribution in [3.8, 4) is 0 Å². The van der Waals surface area contributed by atoms with Gasteiger partial charge in [0.05, 0.1) is 5.41 Å². The topological polar surface area (TPSA) is 66.4 Å². The Morgan fingerprint density at radius 2 is 1.95 bits per heavy atom. The molecule has 0 saturated carbocycles. The summed E-state index contributed by atoms with van der Waals surface area (Å²) in [6.45, 7) is 5.11. The molecule has 0 saturated heterocycles. The summed E-state index contributed by atoms with van der Waals surface area (Å²) in [4.78, 5) is 23.5. The minimum atomic E-state index is -1.13. The second kappa shape index (κ2) is 7.20. The number of carbonyl (C=O) groups excluding carboxylic acids is 1. The van der Waals surface area contributed by atoms with Gasteiger partial charge in [-0.15, -0.1) is 0 Å². The molecule has 0 aliphatic carbocycles. The van der Waals surface area contributed by atoms with Crippen molar-refractivity contribution in [3.63, 3.8) is 0 Å². The van der Waals surface area contributed by atoms with Gasteiger partial charge in [0.1, 0.15) is 11.9 Å². The maximum atomic E-state index is 13.8. The van der Waals surface area contributed by atoms with E-state index in [0.717, 1.165) is 6.42 Å². The van der Waals surface area contributed by atoms with Gasteiger partial charge in [-0.1, -0.05) is 38.0 Å². The smallest absolute Gasteiger partial charge is 0.326 e. The van der Waals surface area contributed by atoms with E-state index in [1.807, 2.05) is 6.92 Å². The monoisotopic (exact) mass is 295 g/mol. The van der Waals surface area contributed by atoms with E-state index in [-0.39, 0.29) is 5.56 Å². The van der Waals surface area contributed by atoms with Crippen molar-refractivity contribution in [2.75, 3.05) is 0 Å². The molecule has 0 radical (unpaired) electrons. The first kappa shape index (κ1) is 17.1. The SMILES string of the molecule is CCCCC(NC(=O)C(C)(C)c1ccccc1F)C(=O)O. The van der Waals surface area contributed by atoms with E-state index < -0.39 is 29.2 Å². The molecule has 5 heteroatoms. The van der Waals surface area contributed by atoms with Crippen molar-refractivity contribution >= 4 is 11.9 Å². The highest BCUT2D eigenvalue weighted by molar-refractivity contribution is 5.90. The lowest BCUT2D eigenvalue weighted by molar-refractivity contribution is -0.142. The predicted octanol–water partition coefficient (Wildman–Crippen LogP) is 2.86. The quantitative estimate of drug-likeness (QED) is 0.813. The normalized spacial score (nSPS) is 12.8. The summed E-state index contributed by atoms with van der Waals surface area (Å²) in [5.41, 5.74) is -0.882. The second-order valence-electron chi connectivity index (χ2n) is 5.61. The van der Waals surface area contributed by atoms with Crippen LogP contribution in [0.25, 0.3) is 0 Å². The molecule has 21 heavy (non-hydrogen) atoms. The molecular formula is C16H22FNO3. The average Bonchev–Trinajstić information content (AvgIpc) is 2.43. The molecule has 0 aromatic heterocycles. The van der Waals surface area contributed by atoms with Crippen molar-refractivity contribution in [2.45, 2.75) is 51.5 Å². The van der Waals surface area contributed by atoms with Crippen LogP contribution >= 0.6 is 0 Å². The average molecular weight is 295 g/mol. The summed E-state index contributed by atoms with van der Waals surface area (Å²) >= 11 is 0. The van der Waals surface area contributed by atoms with Gasteiger partial charge in [-0.25, -0.2) is 9.18 Å². The van der Waals surface area contributed by atoms with Crippen molar-refractivity contribution < 1.29 is 19.1 Å². The molecule has 4 nitrogen and oxygen atoms in total. The van der Waals surface area contributed by atoms with Crippen LogP contribution in [0.4, 0.5) is 4.39 Å². The number of carboxylic acids is 1. The Balaban J connectivity index is 2.90. The molecule has 1 atom stereocenters. The number of benzene rings is 1.